The average molecular weight is 140 g/mol. The smallest absolute Gasteiger partial charge is 0.267 e. The van der Waals surface area contributed by atoms with Gasteiger partial charge in [-0.15, -0.1) is 0 Å². The molecule has 3 heteroatoms. The molecule has 0 aromatic carbocycles. The van der Waals surface area contributed by atoms with Gasteiger partial charge in [-0.2, -0.15) is 5.10 Å². The Hall–Kier alpha value is -1.12. The maximum absolute atomic E-state index is 10.5. The number of rotatable bonds is 0. The first kappa shape index (κ1) is 8.88. The summed E-state index contributed by atoms with van der Waals surface area (Å²) in [7, 11) is 0. The molecule has 0 aliphatic rings. The molecular formula is C7H12N2O. The van der Waals surface area contributed by atoms with Gasteiger partial charge in [-0.3, -0.25) is 4.79 Å². The summed E-state index contributed by atoms with van der Waals surface area (Å²) in [6.45, 7) is 5.74. The van der Waals surface area contributed by atoms with E-state index in [1.165, 1.54) is 0 Å². The maximum atomic E-state index is 10.5. The van der Waals surface area contributed by atoms with Crippen LogP contribution < -0.4 is 5.56 Å². The highest BCUT2D eigenvalue weighted by molar-refractivity contribution is 5.01. The predicted octanol–water partition coefficient (Wildman–Crippen LogP) is 1.10. The first-order valence-corrected chi connectivity index (χ1v) is 3.31. The van der Waals surface area contributed by atoms with E-state index in [0.717, 1.165) is 0 Å². The molecule has 0 saturated heterocycles. The number of nitrogens with zero attached hydrogens (tertiary/aromatic N) is 1. The van der Waals surface area contributed by atoms with Gasteiger partial charge in [0, 0.05) is 11.8 Å². The topological polar surface area (TPSA) is 45.8 Å². The van der Waals surface area contributed by atoms with Crippen molar-refractivity contribution in [3.05, 3.63) is 28.2 Å². The van der Waals surface area contributed by atoms with Crippen molar-refractivity contribution in [3.63, 3.8) is 0 Å². The van der Waals surface area contributed by atoms with Gasteiger partial charge >= 0.3 is 0 Å². The molecule has 1 heterocycles. The second-order valence-corrected chi connectivity index (χ2v) is 1.57. The van der Waals surface area contributed by atoms with Gasteiger partial charge in [0.25, 0.3) is 5.56 Å². The summed E-state index contributed by atoms with van der Waals surface area (Å²) in [6.07, 6.45) is 1.55. The van der Waals surface area contributed by atoms with Crippen molar-refractivity contribution in [1.82, 2.24) is 10.2 Å². The molecule has 0 bridgehead atoms. The number of aryl methyl sites for hydroxylation is 1. The lowest BCUT2D eigenvalue weighted by molar-refractivity contribution is 0.969. The maximum Gasteiger partial charge on any atom is 0.267 e. The van der Waals surface area contributed by atoms with Crippen LogP contribution in [0.1, 0.15) is 19.4 Å². The molecule has 1 rings (SSSR count). The number of hydrogen-bond acceptors (Lipinski definition) is 2. The minimum absolute atomic E-state index is 0.118. The highest BCUT2D eigenvalue weighted by Crippen LogP contribution is 1.77. The van der Waals surface area contributed by atoms with Crippen LogP contribution in [0.5, 0.6) is 0 Å². The Bertz CT molecular complexity index is 229. The van der Waals surface area contributed by atoms with Crippen LogP contribution in [-0.2, 0) is 0 Å². The fraction of sp³-hybridized carbons (Fsp3) is 0.429. The Balaban J connectivity index is 0.000000371. The Morgan fingerprint density at radius 2 is 2.10 bits per heavy atom. The third-order valence-corrected chi connectivity index (χ3v) is 0.923. The van der Waals surface area contributed by atoms with Crippen molar-refractivity contribution in [2.45, 2.75) is 20.8 Å². The Morgan fingerprint density at radius 1 is 1.50 bits per heavy atom. The molecule has 1 aromatic rings. The number of nitrogens with one attached hydrogen (secondary N) is 1. The summed E-state index contributed by atoms with van der Waals surface area (Å²) in [5.74, 6) is 0. The average Bonchev–Trinajstić information content (AvgIpc) is 2.00. The summed E-state index contributed by atoms with van der Waals surface area (Å²) < 4.78 is 0. The van der Waals surface area contributed by atoms with Gasteiger partial charge in [-0.05, 0) is 13.0 Å². The third kappa shape index (κ3) is 2.44. The van der Waals surface area contributed by atoms with E-state index in [2.05, 4.69) is 10.2 Å². The molecule has 0 unspecified atom stereocenters. The van der Waals surface area contributed by atoms with Gasteiger partial charge in [0.15, 0.2) is 0 Å². The van der Waals surface area contributed by atoms with Crippen LogP contribution in [-0.4, -0.2) is 10.2 Å². The van der Waals surface area contributed by atoms with Crippen molar-refractivity contribution >= 4 is 0 Å². The normalized spacial score (nSPS) is 7.90. The number of hydrogen-bond donors (Lipinski definition) is 1. The molecule has 0 aliphatic heterocycles. The molecule has 3 nitrogen and oxygen atoms in total. The quantitative estimate of drug-likeness (QED) is 0.586. The second-order valence-electron chi connectivity index (χ2n) is 1.57. The van der Waals surface area contributed by atoms with E-state index in [9.17, 15) is 4.79 Å². The SMILES string of the molecule is CC.Cc1ccn[nH]c1=O. The summed E-state index contributed by atoms with van der Waals surface area (Å²) in [4.78, 5) is 10.5. The molecule has 0 radical (unpaired) electrons. The van der Waals surface area contributed by atoms with Crippen molar-refractivity contribution in [2.24, 2.45) is 0 Å². The van der Waals surface area contributed by atoms with E-state index in [1.54, 1.807) is 19.2 Å². The molecule has 0 amide bonds. The Labute approximate surface area is 60.1 Å². The first-order valence-electron chi connectivity index (χ1n) is 3.31. The minimum Gasteiger partial charge on any atom is -0.268 e. The van der Waals surface area contributed by atoms with Crippen molar-refractivity contribution in [1.29, 1.82) is 0 Å². The lowest BCUT2D eigenvalue weighted by Crippen LogP contribution is -2.08. The van der Waals surface area contributed by atoms with Gasteiger partial charge in [0.05, 0.1) is 0 Å². The largest absolute Gasteiger partial charge is 0.268 e. The number of H-pyrrole nitrogens is 1. The fourth-order valence-corrected chi connectivity index (χ4v) is 0.409. The number of aromatic amines is 1. The molecule has 56 valence electrons. The fourth-order valence-electron chi connectivity index (χ4n) is 0.409. The Kier molecular flexibility index (Phi) is 4.20. The minimum atomic E-state index is -0.118. The highest BCUT2D eigenvalue weighted by Gasteiger charge is 1.84. The zero-order valence-electron chi connectivity index (χ0n) is 6.51. The van der Waals surface area contributed by atoms with Gasteiger partial charge < -0.3 is 0 Å². The molecule has 0 fully saturated rings. The summed E-state index contributed by atoms with van der Waals surface area (Å²) >= 11 is 0. The van der Waals surface area contributed by atoms with Gasteiger partial charge in [0.2, 0.25) is 0 Å². The van der Waals surface area contributed by atoms with Crippen LogP contribution in [0.25, 0.3) is 0 Å². The molecular weight excluding hydrogens is 128 g/mol. The molecule has 0 spiro atoms. The van der Waals surface area contributed by atoms with Gasteiger partial charge in [-0.1, -0.05) is 13.8 Å². The van der Waals surface area contributed by atoms with E-state index in [0.29, 0.717) is 5.56 Å². The van der Waals surface area contributed by atoms with Crippen LogP contribution >= 0.6 is 0 Å². The summed E-state index contributed by atoms with van der Waals surface area (Å²) in [5.41, 5.74) is 0.576. The first-order chi connectivity index (χ1) is 4.80. The molecule has 0 aliphatic carbocycles. The Morgan fingerprint density at radius 3 is 2.40 bits per heavy atom. The van der Waals surface area contributed by atoms with Crippen LogP contribution in [0.2, 0.25) is 0 Å². The number of aromatic nitrogens is 2. The lowest BCUT2D eigenvalue weighted by atomic mass is 10.4. The lowest BCUT2D eigenvalue weighted by Gasteiger charge is -1.82. The summed E-state index contributed by atoms with van der Waals surface area (Å²) in [5, 5.41) is 5.80. The van der Waals surface area contributed by atoms with E-state index in [-0.39, 0.29) is 5.56 Å². The van der Waals surface area contributed by atoms with Gasteiger partial charge in [0.1, 0.15) is 0 Å². The standard InChI is InChI=1S/C5H6N2O.C2H6/c1-4-2-3-6-7-5(4)8;1-2/h2-3H,1H3,(H,7,8);1-2H3. The molecule has 1 N–H and O–H groups in total. The zero-order valence-corrected chi connectivity index (χ0v) is 6.51. The highest BCUT2D eigenvalue weighted by atomic mass is 16.1. The van der Waals surface area contributed by atoms with E-state index in [4.69, 9.17) is 0 Å². The van der Waals surface area contributed by atoms with Crippen LogP contribution in [0, 0.1) is 6.92 Å². The molecule has 0 atom stereocenters. The van der Waals surface area contributed by atoms with Crippen molar-refractivity contribution in [3.8, 4) is 0 Å². The molecule has 0 saturated carbocycles. The van der Waals surface area contributed by atoms with Gasteiger partial charge in [-0.25, -0.2) is 5.10 Å². The third-order valence-electron chi connectivity index (χ3n) is 0.923. The van der Waals surface area contributed by atoms with E-state index >= 15 is 0 Å². The zero-order chi connectivity index (χ0) is 7.98. The monoisotopic (exact) mass is 140 g/mol. The van der Waals surface area contributed by atoms with Crippen molar-refractivity contribution < 1.29 is 0 Å². The second kappa shape index (κ2) is 4.73. The van der Waals surface area contributed by atoms with E-state index in [1.807, 2.05) is 13.8 Å². The van der Waals surface area contributed by atoms with Crippen molar-refractivity contribution in [2.75, 3.05) is 0 Å². The molecule has 1 aromatic heterocycles. The van der Waals surface area contributed by atoms with Crippen LogP contribution in [0.3, 0.4) is 0 Å². The van der Waals surface area contributed by atoms with Crippen LogP contribution in [0.15, 0.2) is 17.1 Å². The van der Waals surface area contributed by atoms with Crippen LogP contribution in [0.4, 0.5) is 0 Å². The molecule has 10 heavy (non-hydrogen) atoms. The predicted molar refractivity (Wildman–Crippen MR) is 40.9 cm³/mol. The van der Waals surface area contributed by atoms with E-state index < -0.39 is 0 Å². The summed E-state index contributed by atoms with van der Waals surface area (Å²) in [6, 6.07) is 1.67.